The first-order valence-corrected chi connectivity index (χ1v) is 5.15. The number of aromatic nitrogens is 1. The third-order valence-electron chi connectivity index (χ3n) is 2.18. The predicted octanol–water partition coefficient (Wildman–Crippen LogP) is 1.49. The van der Waals surface area contributed by atoms with Gasteiger partial charge in [0.15, 0.2) is 6.29 Å². The van der Waals surface area contributed by atoms with E-state index in [1.807, 2.05) is 0 Å². The molecule has 0 amide bonds. The molecular weight excluding hydrogens is 233 g/mol. The highest BCUT2D eigenvalue weighted by Crippen LogP contribution is 2.15. The summed E-state index contributed by atoms with van der Waals surface area (Å²) >= 11 is 5.69. The fourth-order valence-electron chi connectivity index (χ4n) is 1.39. The summed E-state index contributed by atoms with van der Waals surface area (Å²) in [5.41, 5.74) is 0.806. The van der Waals surface area contributed by atoms with Gasteiger partial charge in [-0.25, -0.2) is 0 Å². The number of pyridine rings is 1. The van der Waals surface area contributed by atoms with Gasteiger partial charge in [-0.3, -0.25) is 9.59 Å². The lowest BCUT2D eigenvalue weighted by Crippen LogP contribution is -2.12. The smallest absolute Gasteiger partial charge is 0.267 e. The number of halogens is 1. The Morgan fingerprint density at radius 3 is 2.80 bits per heavy atom. The van der Waals surface area contributed by atoms with Crippen LogP contribution in [0, 0.1) is 0 Å². The van der Waals surface area contributed by atoms with Gasteiger partial charge in [0, 0.05) is 16.3 Å². The molecule has 0 bridgehead atoms. The van der Waals surface area contributed by atoms with E-state index in [1.54, 1.807) is 18.2 Å². The zero-order valence-electron chi connectivity index (χ0n) is 7.58. The second-order valence-electron chi connectivity index (χ2n) is 3.10. The number of carbonyl (C=O) groups excluding carboxylic acids is 1. The number of benzene rings is 1. The summed E-state index contributed by atoms with van der Waals surface area (Å²) in [5, 5.41) is 1.62. The normalized spacial score (nSPS) is 10.5. The molecule has 0 saturated carbocycles. The van der Waals surface area contributed by atoms with Gasteiger partial charge in [-0.1, -0.05) is 23.7 Å². The third-order valence-corrected chi connectivity index (χ3v) is 3.08. The number of aromatic amines is 1. The lowest BCUT2D eigenvalue weighted by molar-refractivity contribution is 0.112. The molecule has 0 radical (unpaired) electrons. The molecule has 1 unspecified atom stereocenters. The van der Waals surface area contributed by atoms with Gasteiger partial charge in [-0.15, -0.1) is 9.24 Å². The molecule has 1 atom stereocenters. The van der Waals surface area contributed by atoms with Gasteiger partial charge in [0.05, 0.1) is 5.52 Å². The monoisotopic (exact) mass is 239 g/mol. The van der Waals surface area contributed by atoms with E-state index in [2.05, 4.69) is 14.2 Å². The van der Waals surface area contributed by atoms with Crippen molar-refractivity contribution in [3.8, 4) is 0 Å². The number of aldehydes is 1. The van der Waals surface area contributed by atoms with E-state index in [-0.39, 0.29) is 10.6 Å². The molecule has 0 saturated heterocycles. The number of carbonyl (C=O) groups is 1. The quantitative estimate of drug-likeness (QED) is 0.606. The lowest BCUT2D eigenvalue weighted by Gasteiger charge is -2.04. The van der Waals surface area contributed by atoms with Crippen molar-refractivity contribution in [1.29, 1.82) is 0 Å². The van der Waals surface area contributed by atoms with Crippen LogP contribution in [0.3, 0.4) is 0 Å². The lowest BCUT2D eigenvalue weighted by atomic mass is 10.1. The minimum absolute atomic E-state index is 0.144. The molecule has 0 aliphatic rings. The SMILES string of the molecule is O=Cc1ccc2cc(Cl)c(=O)[nH]c2c1P. The Morgan fingerprint density at radius 1 is 1.40 bits per heavy atom. The van der Waals surface area contributed by atoms with E-state index in [1.165, 1.54) is 0 Å². The van der Waals surface area contributed by atoms with Crippen molar-refractivity contribution in [3.63, 3.8) is 0 Å². The summed E-state index contributed by atoms with van der Waals surface area (Å²) in [6, 6.07) is 5.01. The highest BCUT2D eigenvalue weighted by Gasteiger charge is 2.05. The maximum Gasteiger partial charge on any atom is 0.267 e. The number of rotatable bonds is 1. The van der Waals surface area contributed by atoms with Gasteiger partial charge in [0.1, 0.15) is 5.02 Å². The number of fused-ring (bicyclic) bond motifs is 1. The number of hydrogen-bond donors (Lipinski definition) is 1. The first kappa shape index (κ1) is 10.3. The molecule has 1 N–H and O–H groups in total. The van der Waals surface area contributed by atoms with Crippen molar-refractivity contribution >= 4 is 43.3 Å². The van der Waals surface area contributed by atoms with Crippen LogP contribution in [-0.4, -0.2) is 11.3 Å². The van der Waals surface area contributed by atoms with Gasteiger partial charge in [-0.05, 0) is 6.07 Å². The first-order chi connectivity index (χ1) is 7.13. The fraction of sp³-hybridized carbons (Fsp3) is 0. The molecule has 1 aromatic carbocycles. The average molecular weight is 240 g/mol. The summed E-state index contributed by atoms with van der Waals surface area (Å²) in [6.07, 6.45) is 0.745. The summed E-state index contributed by atoms with van der Waals surface area (Å²) in [7, 11) is 2.44. The van der Waals surface area contributed by atoms with Crippen molar-refractivity contribution in [3.05, 3.63) is 39.1 Å². The van der Waals surface area contributed by atoms with Crippen LogP contribution in [0.15, 0.2) is 23.0 Å². The topological polar surface area (TPSA) is 49.9 Å². The molecule has 2 aromatic rings. The van der Waals surface area contributed by atoms with E-state index in [0.29, 0.717) is 16.4 Å². The number of nitrogens with one attached hydrogen (secondary N) is 1. The largest absolute Gasteiger partial charge is 0.320 e. The molecule has 0 aliphatic heterocycles. The average Bonchev–Trinajstić information content (AvgIpc) is 2.22. The van der Waals surface area contributed by atoms with E-state index in [4.69, 9.17) is 11.6 Å². The van der Waals surface area contributed by atoms with Crippen LogP contribution >= 0.6 is 20.8 Å². The van der Waals surface area contributed by atoms with Gasteiger partial charge < -0.3 is 4.98 Å². The minimum atomic E-state index is -0.351. The zero-order valence-corrected chi connectivity index (χ0v) is 9.49. The van der Waals surface area contributed by atoms with Crippen LogP contribution in [0.25, 0.3) is 10.9 Å². The van der Waals surface area contributed by atoms with Crippen LogP contribution in [0.1, 0.15) is 10.4 Å². The zero-order chi connectivity index (χ0) is 11.0. The van der Waals surface area contributed by atoms with Crippen LogP contribution < -0.4 is 10.9 Å². The molecule has 0 spiro atoms. The Labute approximate surface area is 92.7 Å². The third kappa shape index (κ3) is 1.69. The van der Waals surface area contributed by atoms with Crippen LogP contribution in [0.2, 0.25) is 5.02 Å². The van der Waals surface area contributed by atoms with Crippen molar-refractivity contribution in [2.75, 3.05) is 0 Å². The summed E-state index contributed by atoms with van der Waals surface area (Å²) in [4.78, 5) is 24.6. The molecule has 5 heteroatoms. The maximum absolute atomic E-state index is 11.3. The van der Waals surface area contributed by atoms with Gasteiger partial charge in [0.25, 0.3) is 5.56 Å². The van der Waals surface area contributed by atoms with Gasteiger partial charge in [0.2, 0.25) is 0 Å². The molecule has 1 heterocycles. The van der Waals surface area contributed by atoms with Crippen LogP contribution in [0.5, 0.6) is 0 Å². The van der Waals surface area contributed by atoms with Crippen molar-refractivity contribution in [2.45, 2.75) is 0 Å². The molecule has 0 aliphatic carbocycles. The van der Waals surface area contributed by atoms with E-state index < -0.39 is 0 Å². The van der Waals surface area contributed by atoms with Crippen LogP contribution in [-0.2, 0) is 0 Å². The highest BCUT2D eigenvalue weighted by atomic mass is 35.5. The summed E-state index contributed by atoms with van der Waals surface area (Å²) < 4.78 is 0. The van der Waals surface area contributed by atoms with Crippen molar-refractivity contribution < 1.29 is 4.79 Å². The standard InChI is InChI=1S/C10H7ClNO2P/c11-7-3-5-1-2-6(4-13)9(15)8(5)12-10(7)14/h1-4H,15H2,(H,12,14). The van der Waals surface area contributed by atoms with Crippen molar-refractivity contribution in [2.24, 2.45) is 0 Å². The van der Waals surface area contributed by atoms with E-state index in [9.17, 15) is 9.59 Å². The molecular formula is C10H7ClNO2P. The first-order valence-electron chi connectivity index (χ1n) is 4.19. The number of H-pyrrole nitrogens is 1. The molecule has 2 rings (SSSR count). The predicted molar refractivity (Wildman–Crippen MR) is 64.3 cm³/mol. The Hall–Kier alpha value is -1.18. The second-order valence-corrected chi connectivity index (χ2v) is 4.08. The molecule has 76 valence electrons. The Morgan fingerprint density at radius 2 is 2.13 bits per heavy atom. The minimum Gasteiger partial charge on any atom is -0.320 e. The Bertz CT molecular complexity index is 606. The highest BCUT2D eigenvalue weighted by molar-refractivity contribution is 7.28. The Balaban J connectivity index is 2.93. The van der Waals surface area contributed by atoms with E-state index >= 15 is 0 Å². The number of hydrogen-bond acceptors (Lipinski definition) is 2. The molecule has 3 nitrogen and oxygen atoms in total. The van der Waals surface area contributed by atoms with Gasteiger partial charge >= 0.3 is 0 Å². The van der Waals surface area contributed by atoms with Crippen molar-refractivity contribution in [1.82, 2.24) is 4.98 Å². The molecule has 0 fully saturated rings. The fourth-order valence-corrected chi connectivity index (χ4v) is 1.96. The Kier molecular flexibility index (Phi) is 2.59. The second kappa shape index (κ2) is 3.76. The summed E-state index contributed by atoms with van der Waals surface area (Å²) in [5.74, 6) is 0. The molecule has 15 heavy (non-hydrogen) atoms. The van der Waals surface area contributed by atoms with Gasteiger partial charge in [-0.2, -0.15) is 0 Å². The maximum atomic E-state index is 11.3. The van der Waals surface area contributed by atoms with Crippen LogP contribution in [0.4, 0.5) is 0 Å². The molecule has 1 aromatic heterocycles. The summed E-state index contributed by atoms with van der Waals surface area (Å²) in [6.45, 7) is 0. The van der Waals surface area contributed by atoms with E-state index in [0.717, 1.165) is 11.7 Å².